The highest BCUT2D eigenvalue weighted by Gasteiger charge is 2.19. The Bertz CT molecular complexity index is 891. The third-order valence-corrected chi connectivity index (χ3v) is 4.10. The molecule has 9 heteroatoms. The van der Waals surface area contributed by atoms with Crippen LogP contribution in [0.1, 0.15) is 15.9 Å². The molecular weight excluding hydrogens is 391 g/mol. The summed E-state index contributed by atoms with van der Waals surface area (Å²) in [5.74, 6) is -1.13. The normalized spacial score (nSPS) is 10.3. The number of primary amides is 1. The van der Waals surface area contributed by atoms with E-state index in [1.165, 1.54) is 43.4 Å². The van der Waals surface area contributed by atoms with Gasteiger partial charge in [-0.05, 0) is 29.8 Å². The van der Waals surface area contributed by atoms with Crippen LogP contribution in [0.4, 0.5) is 4.39 Å². The number of rotatable bonds is 8. The van der Waals surface area contributed by atoms with Gasteiger partial charge in [0.1, 0.15) is 0 Å². The molecule has 0 fully saturated rings. The number of carbonyl (C=O) groups is 2. The molecule has 0 bridgehead atoms. The highest BCUT2D eigenvalue weighted by Crippen LogP contribution is 2.36. The van der Waals surface area contributed by atoms with Gasteiger partial charge in [-0.25, -0.2) is 4.39 Å². The van der Waals surface area contributed by atoms with Crippen LogP contribution in [0.3, 0.4) is 0 Å². The molecule has 7 nitrogen and oxygen atoms in total. The zero-order valence-corrected chi connectivity index (χ0v) is 16.4. The maximum Gasteiger partial charge on any atom is 0.255 e. The largest absolute Gasteiger partial charge is 0.494 e. The molecule has 0 saturated heterocycles. The molecule has 2 aromatic carbocycles. The Morgan fingerprint density at radius 3 is 2.39 bits per heavy atom. The van der Waals surface area contributed by atoms with Crippen molar-refractivity contribution in [1.82, 2.24) is 4.90 Å². The van der Waals surface area contributed by atoms with Crippen LogP contribution in [0.25, 0.3) is 0 Å². The summed E-state index contributed by atoms with van der Waals surface area (Å²) in [4.78, 5) is 25.0. The molecule has 0 aliphatic heterocycles. The second kappa shape index (κ2) is 9.27. The van der Waals surface area contributed by atoms with E-state index >= 15 is 0 Å². The number of hydrogen-bond donors (Lipinski definition) is 1. The second-order valence-corrected chi connectivity index (χ2v) is 6.28. The van der Waals surface area contributed by atoms with Gasteiger partial charge in [-0.1, -0.05) is 17.7 Å². The van der Waals surface area contributed by atoms with Crippen molar-refractivity contribution in [2.24, 2.45) is 5.73 Å². The minimum Gasteiger partial charge on any atom is -0.494 e. The smallest absolute Gasteiger partial charge is 0.255 e. The van der Waals surface area contributed by atoms with Crippen molar-refractivity contribution in [3.8, 4) is 17.2 Å². The molecule has 2 aromatic rings. The summed E-state index contributed by atoms with van der Waals surface area (Å²) in [6.07, 6.45) is 0. The maximum absolute atomic E-state index is 13.8. The fourth-order valence-electron chi connectivity index (χ4n) is 2.50. The summed E-state index contributed by atoms with van der Waals surface area (Å²) >= 11 is 6.17. The van der Waals surface area contributed by atoms with Crippen LogP contribution in [0.5, 0.6) is 17.2 Å². The molecule has 0 radical (unpaired) electrons. The third-order valence-electron chi connectivity index (χ3n) is 3.82. The number of amides is 2. The average molecular weight is 411 g/mol. The fraction of sp³-hybridized carbons (Fsp3) is 0.263. The van der Waals surface area contributed by atoms with Crippen LogP contribution in [0.15, 0.2) is 30.3 Å². The molecule has 150 valence electrons. The Morgan fingerprint density at radius 1 is 1.14 bits per heavy atom. The molecule has 0 aromatic heterocycles. The summed E-state index contributed by atoms with van der Waals surface area (Å²) in [6.45, 7) is -0.216. The number of methoxy groups -OCH3 is 2. The first kappa shape index (κ1) is 21.3. The van der Waals surface area contributed by atoms with Crippen molar-refractivity contribution >= 4 is 23.4 Å². The van der Waals surface area contributed by atoms with Gasteiger partial charge in [-0.15, -0.1) is 0 Å². The Hall–Kier alpha value is -3.00. The molecule has 0 spiro atoms. The Balaban J connectivity index is 2.21. The van der Waals surface area contributed by atoms with Crippen LogP contribution >= 0.6 is 11.6 Å². The first-order valence-electron chi connectivity index (χ1n) is 8.13. The second-order valence-electron chi connectivity index (χ2n) is 5.87. The van der Waals surface area contributed by atoms with E-state index < -0.39 is 11.7 Å². The predicted molar refractivity (Wildman–Crippen MR) is 101 cm³/mol. The van der Waals surface area contributed by atoms with Crippen LogP contribution in [-0.2, 0) is 11.3 Å². The summed E-state index contributed by atoms with van der Waals surface area (Å²) in [6, 6.07) is 7.30. The third kappa shape index (κ3) is 5.04. The van der Waals surface area contributed by atoms with Gasteiger partial charge in [0.15, 0.2) is 29.7 Å². The Morgan fingerprint density at radius 2 is 1.82 bits per heavy atom. The zero-order valence-electron chi connectivity index (χ0n) is 15.6. The van der Waals surface area contributed by atoms with E-state index in [9.17, 15) is 14.0 Å². The lowest BCUT2D eigenvalue weighted by atomic mass is 10.1. The van der Waals surface area contributed by atoms with Gasteiger partial charge >= 0.3 is 0 Å². The van der Waals surface area contributed by atoms with Crippen LogP contribution < -0.4 is 19.9 Å². The lowest BCUT2D eigenvalue weighted by Gasteiger charge is -2.19. The predicted octanol–water partition coefficient (Wildman–Crippen LogP) is 2.63. The highest BCUT2D eigenvalue weighted by molar-refractivity contribution is 6.32. The average Bonchev–Trinajstić information content (AvgIpc) is 2.65. The van der Waals surface area contributed by atoms with Crippen molar-refractivity contribution in [3.63, 3.8) is 0 Å². The fourth-order valence-corrected chi connectivity index (χ4v) is 2.77. The number of hydrogen-bond acceptors (Lipinski definition) is 5. The van der Waals surface area contributed by atoms with E-state index in [2.05, 4.69) is 0 Å². The first-order chi connectivity index (χ1) is 13.3. The van der Waals surface area contributed by atoms with Gasteiger partial charge in [0.25, 0.3) is 11.8 Å². The monoisotopic (exact) mass is 410 g/mol. The molecule has 2 rings (SSSR count). The number of nitrogens with two attached hydrogens (primary N) is 1. The Kier molecular flexibility index (Phi) is 7.06. The van der Waals surface area contributed by atoms with Crippen LogP contribution in [0.2, 0.25) is 5.02 Å². The van der Waals surface area contributed by atoms with Gasteiger partial charge in [-0.3, -0.25) is 9.59 Å². The van der Waals surface area contributed by atoms with E-state index in [-0.39, 0.29) is 46.9 Å². The molecule has 2 amide bonds. The van der Waals surface area contributed by atoms with Crippen molar-refractivity contribution in [2.75, 3.05) is 27.9 Å². The standard InChI is InChI=1S/C19H20ClFN2O5/c1-23(9-11-4-5-15(26-2)14(21)6-11)19(25)12-7-13(20)18(16(8-12)27-3)28-10-17(22)24/h4-8H,9-10H2,1-3H3,(H2,22,24). The first-order valence-corrected chi connectivity index (χ1v) is 8.51. The summed E-state index contributed by atoms with van der Waals surface area (Å²) in [5.41, 5.74) is 5.89. The number of nitrogens with zero attached hydrogens (tertiary/aromatic N) is 1. The van der Waals surface area contributed by atoms with Gasteiger partial charge in [-0.2, -0.15) is 0 Å². The summed E-state index contributed by atoms with van der Waals surface area (Å²) in [7, 11) is 4.32. The van der Waals surface area contributed by atoms with Crippen molar-refractivity contribution in [3.05, 3.63) is 52.3 Å². The topological polar surface area (TPSA) is 91.1 Å². The molecule has 0 saturated carbocycles. The molecule has 28 heavy (non-hydrogen) atoms. The minimum atomic E-state index is -0.676. The van der Waals surface area contributed by atoms with Gasteiger partial charge in [0.05, 0.1) is 19.2 Å². The lowest BCUT2D eigenvalue weighted by Crippen LogP contribution is -2.26. The minimum absolute atomic E-state index is 0.0906. The molecule has 0 unspecified atom stereocenters. The van der Waals surface area contributed by atoms with Crippen molar-refractivity contribution < 1.29 is 28.2 Å². The highest BCUT2D eigenvalue weighted by atomic mass is 35.5. The number of halogens is 2. The number of benzene rings is 2. The van der Waals surface area contributed by atoms with E-state index in [0.717, 1.165) is 0 Å². The number of carbonyl (C=O) groups excluding carboxylic acids is 2. The van der Waals surface area contributed by atoms with Gasteiger partial charge < -0.3 is 24.8 Å². The van der Waals surface area contributed by atoms with Crippen molar-refractivity contribution in [1.29, 1.82) is 0 Å². The molecular formula is C19H20ClFN2O5. The molecule has 0 heterocycles. The molecule has 0 aliphatic rings. The van der Waals surface area contributed by atoms with Gasteiger partial charge in [0, 0.05) is 19.2 Å². The Labute approximate surface area is 166 Å². The SMILES string of the molecule is COc1ccc(CN(C)C(=O)c2cc(Cl)c(OCC(N)=O)c(OC)c2)cc1F. The molecule has 2 N–H and O–H groups in total. The maximum atomic E-state index is 13.8. The number of ether oxygens (including phenoxy) is 3. The molecule has 0 aliphatic carbocycles. The van der Waals surface area contributed by atoms with Crippen molar-refractivity contribution in [2.45, 2.75) is 6.54 Å². The zero-order chi connectivity index (χ0) is 20.8. The summed E-state index contributed by atoms with van der Waals surface area (Å²) in [5, 5.41) is 0.0906. The lowest BCUT2D eigenvalue weighted by molar-refractivity contribution is -0.119. The van der Waals surface area contributed by atoms with E-state index in [0.29, 0.717) is 5.56 Å². The van der Waals surface area contributed by atoms with E-state index in [1.807, 2.05) is 0 Å². The van der Waals surface area contributed by atoms with E-state index in [1.54, 1.807) is 13.1 Å². The van der Waals surface area contributed by atoms with Crippen LogP contribution in [-0.4, -0.2) is 44.6 Å². The quantitative estimate of drug-likeness (QED) is 0.722. The molecule has 0 atom stereocenters. The van der Waals surface area contributed by atoms with Crippen LogP contribution in [0, 0.1) is 5.82 Å². The van der Waals surface area contributed by atoms with Gasteiger partial charge in [0.2, 0.25) is 0 Å². The van der Waals surface area contributed by atoms with E-state index in [4.69, 9.17) is 31.5 Å². The summed E-state index contributed by atoms with van der Waals surface area (Å²) < 4.78 is 29.2.